The van der Waals surface area contributed by atoms with Crippen molar-refractivity contribution >= 4 is 23.2 Å². The molecule has 2 aromatic rings. The van der Waals surface area contributed by atoms with Crippen LogP contribution in [0.3, 0.4) is 0 Å². The second-order valence-corrected chi connectivity index (χ2v) is 8.47. The highest BCUT2D eigenvalue weighted by molar-refractivity contribution is 6.30. The summed E-state index contributed by atoms with van der Waals surface area (Å²) in [5.41, 5.74) is 0. The van der Waals surface area contributed by atoms with Crippen molar-refractivity contribution < 1.29 is 14.6 Å². The van der Waals surface area contributed by atoms with Gasteiger partial charge in [-0.25, -0.2) is 0 Å². The van der Waals surface area contributed by atoms with E-state index in [1.807, 2.05) is 24.3 Å². The maximum atomic E-state index is 10.2. The number of benzene rings is 2. The van der Waals surface area contributed by atoms with Gasteiger partial charge in [0.05, 0.1) is 6.61 Å². The summed E-state index contributed by atoms with van der Waals surface area (Å²) in [4.78, 5) is 2.48. The minimum Gasteiger partial charge on any atom is -0.494 e. The average molecular weight is 453 g/mol. The van der Waals surface area contributed by atoms with Crippen LogP contribution in [0.2, 0.25) is 10.0 Å². The molecule has 0 spiro atoms. The molecule has 0 aromatic heterocycles. The molecule has 1 aliphatic rings. The van der Waals surface area contributed by atoms with E-state index in [4.69, 9.17) is 32.7 Å². The Kier molecular flexibility index (Phi) is 9.56. The van der Waals surface area contributed by atoms with Gasteiger partial charge in [-0.05, 0) is 80.9 Å². The SMILES string of the molecule is OC(CNC1CCN(CCCOc2ccc(Cl)cc2)CC1)COc1ccc(Cl)cc1. The van der Waals surface area contributed by atoms with Gasteiger partial charge < -0.3 is 24.8 Å². The number of likely N-dealkylation sites (tertiary alicyclic amines) is 1. The van der Waals surface area contributed by atoms with Gasteiger partial charge in [-0.3, -0.25) is 0 Å². The number of piperidine rings is 1. The molecule has 0 bridgehead atoms. The highest BCUT2D eigenvalue weighted by Gasteiger charge is 2.19. The largest absolute Gasteiger partial charge is 0.494 e. The summed E-state index contributed by atoms with van der Waals surface area (Å²) < 4.78 is 11.4. The molecule has 7 heteroatoms. The van der Waals surface area contributed by atoms with Gasteiger partial charge >= 0.3 is 0 Å². The van der Waals surface area contributed by atoms with Crippen LogP contribution in [0.1, 0.15) is 19.3 Å². The number of hydrogen-bond acceptors (Lipinski definition) is 5. The predicted molar refractivity (Wildman–Crippen MR) is 122 cm³/mol. The van der Waals surface area contributed by atoms with Crippen LogP contribution in [0, 0.1) is 0 Å². The smallest absolute Gasteiger partial charge is 0.119 e. The first kappa shape index (κ1) is 23.2. The van der Waals surface area contributed by atoms with E-state index in [0.717, 1.165) is 49.7 Å². The summed E-state index contributed by atoms with van der Waals surface area (Å²) in [5, 5.41) is 15.0. The number of aliphatic hydroxyl groups is 1. The summed E-state index contributed by atoms with van der Waals surface area (Å²) in [6.07, 6.45) is 2.64. The number of aliphatic hydroxyl groups excluding tert-OH is 1. The average Bonchev–Trinajstić information content (AvgIpc) is 2.77. The summed E-state index contributed by atoms with van der Waals surface area (Å²) in [5.74, 6) is 1.58. The monoisotopic (exact) mass is 452 g/mol. The van der Waals surface area contributed by atoms with E-state index in [-0.39, 0.29) is 6.61 Å². The first-order chi connectivity index (χ1) is 14.6. The molecule has 164 valence electrons. The second-order valence-electron chi connectivity index (χ2n) is 7.60. The van der Waals surface area contributed by atoms with Gasteiger partial charge in [0.2, 0.25) is 0 Å². The van der Waals surface area contributed by atoms with Gasteiger partial charge in [0.15, 0.2) is 0 Å². The number of nitrogens with zero attached hydrogens (tertiary/aromatic N) is 1. The van der Waals surface area contributed by atoms with Gasteiger partial charge in [-0.1, -0.05) is 23.2 Å². The van der Waals surface area contributed by atoms with E-state index >= 15 is 0 Å². The Morgan fingerprint density at radius 1 is 0.933 bits per heavy atom. The maximum Gasteiger partial charge on any atom is 0.119 e. The fourth-order valence-corrected chi connectivity index (χ4v) is 3.71. The molecule has 0 saturated carbocycles. The molecule has 2 aromatic carbocycles. The quantitative estimate of drug-likeness (QED) is 0.498. The molecule has 3 rings (SSSR count). The third-order valence-electron chi connectivity index (χ3n) is 5.19. The second kappa shape index (κ2) is 12.4. The molecular formula is C23H30Cl2N2O3. The van der Waals surface area contributed by atoms with E-state index < -0.39 is 6.10 Å². The Bertz CT molecular complexity index is 735. The van der Waals surface area contributed by atoms with Crippen LogP contribution < -0.4 is 14.8 Å². The number of nitrogens with one attached hydrogen (secondary N) is 1. The van der Waals surface area contributed by atoms with Crippen molar-refractivity contribution in [1.29, 1.82) is 0 Å². The number of halogens is 2. The summed E-state index contributed by atoms with van der Waals surface area (Å²) >= 11 is 11.7. The van der Waals surface area contributed by atoms with Crippen molar-refractivity contribution in [3.05, 3.63) is 58.6 Å². The first-order valence-electron chi connectivity index (χ1n) is 10.5. The number of ether oxygens (including phenoxy) is 2. The van der Waals surface area contributed by atoms with Gasteiger partial charge in [-0.15, -0.1) is 0 Å². The molecule has 1 atom stereocenters. The van der Waals surface area contributed by atoms with Crippen molar-refractivity contribution in [2.75, 3.05) is 39.4 Å². The lowest BCUT2D eigenvalue weighted by molar-refractivity contribution is 0.0980. The zero-order valence-electron chi connectivity index (χ0n) is 17.1. The van der Waals surface area contributed by atoms with Gasteiger partial charge in [0, 0.05) is 29.2 Å². The molecule has 1 unspecified atom stereocenters. The zero-order chi connectivity index (χ0) is 21.2. The standard InChI is InChI=1S/C23H30Cl2N2O3/c24-18-2-6-22(7-3-18)29-15-1-12-27-13-10-20(11-14-27)26-16-21(28)17-30-23-8-4-19(25)5-9-23/h2-9,20-21,26,28H,1,10-17H2. The lowest BCUT2D eigenvalue weighted by Crippen LogP contribution is -2.45. The minimum absolute atomic E-state index is 0.265. The third-order valence-corrected chi connectivity index (χ3v) is 5.69. The van der Waals surface area contributed by atoms with Crippen LogP contribution in [0.25, 0.3) is 0 Å². The highest BCUT2D eigenvalue weighted by atomic mass is 35.5. The highest BCUT2D eigenvalue weighted by Crippen LogP contribution is 2.17. The van der Waals surface area contributed by atoms with Crippen molar-refractivity contribution in [1.82, 2.24) is 10.2 Å². The summed E-state index contributed by atoms with van der Waals surface area (Å²) in [6, 6.07) is 15.1. The van der Waals surface area contributed by atoms with Crippen LogP contribution in [0.4, 0.5) is 0 Å². The first-order valence-corrected chi connectivity index (χ1v) is 11.2. The van der Waals surface area contributed by atoms with Crippen molar-refractivity contribution in [2.24, 2.45) is 0 Å². The predicted octanol–water partition coefficient (Wildman–Crippen LogP) is 4.26. The Morgan fingerprint density at radius 3 is 2.10 bits per heavy atom. The van der Waals surface area contributed by atoms with Crippen LogP contribution in [-0.4, -0.2) is 61.5 Å². The third kappa shape index (κ3) is 8.32. The summed E-state index contributed by atoms with van der Waals surface area (Å²) in [6.45, 7) is 4.68. The Labute approximate surface area is 188 Å². The lowest BCUT2D eigenvalue weighted by Gasteiger charge is -2.32. The van der Waals surface area contributed by atoms with E-state index in [1.165, 1.54) is 0 Å². The van der Waals surface area contributed by atoms with Crippen molar-refractivity contribution in [3.63, 3.8) is 0 Å². The van der Waals surface area contributed by atoms with Crippen LogP contribution >= 0.6 is 23.2 Å². The molecule has 1 aliphatic heterocycles. The van der Waals surface area contributed by atoms with E-state index in [9.17, 15) is 5.11 Å². The van der Waals surface area contributed by atoms with Crippen molar-refractivity contribution in [3.8, 4) is 11.5 Å². The molecule has 0 radical (unpaired) electrons. The van der Waals surface area contributed by atoms with Gasteiger partial charge in [0.1, 0.15) is 24.2 Å². The summed E-state index contributed by atoms with van der Waals surface area (Å²) in [7, 11) is 0. The van der Waals surface area contributed by atoms with Crippen LogP contribution in [-0.2, 0) is 0 Å². The Morgan fingerprint density at radius 2 is 1.50 bits per heavy atom. The molecule has 2 N–H and O–H groups in total. The van der Waals surface area contributed by atoms with E-state index in [2.05, 4.69) is 10.2 Å². The number of rotatable bonds is 11. The van der Waals surface area contributed by atoms with Gasteiger partial charge in [0.25, 0.3) is 0 Å². The molecule has 30 heavy (non-hydrogen) atoms. The molecule has 1 heterocycles. The van der Waals surface area contributed by atoms with Gasteiger partial charge in [-0.2, -0.15) is 0 Å². The van der Waals surface area contributed by atoms with Crippen LogP contribution in [0.5, 0.6) is 11.5 Å². The molecule has 0 amide bonds. The van der Waals surface area contributed by atoms with Crippen molar-refractivity contribution in [2.45, 2.75) is 31.4 Å². The van der Waals surface area contributed by atoms with E-state index in [0.29, 0.717) is 30.0 Å². The Balaban J connectivity index is 1.22. The lowest BCUT2D eigenvalue weighted by atomic mass is 10.0. The molecule has 0 aliphatic carbocycles. The molecule has 1 fully saturated rings. The normalized spacial score (nSPS) is 16.4. The fourth-order valence-electron chi connectivity index (χ4n) is 3.45. The topological polar surface area (TPSA) is 54.0 Å². The zero-order valence-corrected chi connectivity index (χ0v) is 18.6. The van der Waals surface area contributed by atoms with E-state index in [1.54, 1.807) is 24.3 Å². The fraction of sp³-hybridized carbons (Fsp3) is 0.478. The molecular weight excluding hydrogens is 423 g/mol. The minimum atomic E-state index is -0.538. The van der Waals surface area contributed by atoms with Crippen LogP contribution in [0.15, 0.2) is 48.5 Å². The number of hydrogen-bond donors (Lipinski definition) is 2. The maximum absolute atomic E-state index is 10.2. The Hall–Kier alpha value is -1.50. The molecule has 5 nitrogen and oxygen atoms in total. The molecule has 1 saturated heterocycles.